The molecule has 0 aromatic carbocycles. The van der Waals surface area contributed by atoms with E-state index < -0.39 is 0 Å². The first-order valence-electron chi connectivity index (χ1n) is 6.17. The maximum absolute atomic E-state index is 4.85. The highest BCUT2D eigenvalue weighted by atomic mass is 15.1. The molecule has 1 aliphatic heterocycles. The molecule has 2 aliphatic rings. The van der Waals surface area contributed by atoms with Crippen molar-refractivity contribution in [1.82, 2.24) is 9.55 Å². The normalized spacial score (nSPS) is 32.5. The van der Waals surface area contributed by atoms with Crippen molar-refractivity contribution in [2.45, 2.75) is 57.9 Å². The van der Waals surface area contributed by atoms with Crippen LogP contribution in [0.1, 0.15) is 57.6 Å². The fourth-order valence-corrected chi connectivity index (χ4v) is 2.79. The monoisotopic (exact) mass is 204 g/mol. The molecule has 1 aromatic heterocycles. The Morgan fingerprint density at radius 2 is 2.13 bits per heavy atom. The highest BCUT2D eigenvalue weighted by molar-refractivity contribution is 5.23. The van der Waals surface area contributed by atoms with Crippen molar-refractivity contribution in [3.8, 4) is 0 Å². The first-order valence-corrected chi connectivity index (χ1v) is 6.17. The molecule has 0 radical (unpaired) electrons. The van der Waals surface area contributed by atoms with Crippen LogP contribution in [0.15, 0.2) is 6.20 Å². The number of hydrogen-bond donors (Lipinski definition) is 0. The Morgan fingerprint density at radius 3 is 2.80 bits per heavy atom. The van der Waals surface area contributed by atoms with Crippen LogP contribution in [0, 0.1) is 5.92 Å². The zero-order valence-corrected chi connectivity index (χ0v) is 9.95. The van der Waals surface area contributed by atoms with Crippen LogP contribution in [-0.2, 0) is 11.8 Å². The summed E-state index contributed by atoms with van der Waals surface area (Å²) in [5, 5.41) is 0. The van der Waals surface area contributed by atoms with Gasteiger partial charge in [-0.25, -0.2) is 4.98 Å². The van der Waals surface area contributed by atoms with Crippen LogP contribution in [0.4, 0.5) is 0 Å². The molecule has 0 amide bonds. The highest BCUT2D eigenvalue weighted by Gasteiger charge is 2.42. The van der Waals surface area contributed by atoms with E-state index in [1.54, 1.807) is 0 Å². The average molecular weight is 204 g/mol. The molecule has 1 saturated carbocycles. The summed E-state index contributed by atoms with van der Waals surface area (Å²) in [6.07, 6.45) is 7.44. The van der Waals surface area contributed by atoms with E-state index in [-0.39, 0.29) is 0 Å². The Balaban J connectivity index is 1.99. The predicted octanol–water partition coefficient (Wildman–Crippen LogP) is 3.08. The van der Waals surface area contributed by atoms with Crippen molar-refractivity contribution in [3.05, 3.63) is 17.7 Å². The van der Waals surface area contributed by atoms with E-state index in [0.29, 0.717) is 11.5 Å². The number of nitrogens with zero attached hydrogens (tertiary/aromatic N) is 2. The SMILES string of the molecule is CC1Cc2nc(C3(C)CC3)cn2C(C)C1. The second-order valence-electron chi connectivity index (χ2n) is 5.90. The first-order chi connectivity index (χ1) is 7.08. The molecular formula is C13H20N2. The number of aromatic nitrogens is 2. The molecule has 0 spiro atoms. The second kappa shape index (κ2) is 2.87. The van der Waals surface area contributed by atoms with Gasteiger partial charge in [-0.05, 0) is 32.1 Å². The van der Waals surface area contributed by atoms with Gasteiger partial charge in [0.2, 0.25) is 0 Å². The van der Waals surface area contributed by atoms with Crippen molar-refractivity contribution < 1.29 is 0 Å². The van der Waals surface area contributed by atoms with E-state index in [9.17, 15) is 0 Å². The molecule has 2 nitrogen and oxygen atoms in total. The average Bonchev–Trinajstić information content (AvgIpc) is 2.77. The molecule has 0 bridgehead atoms. The molecular weight excluding hydrogens is 184 g/mol. The van der Waals surface area contributed by atoms with Gasteiger partial charge in [0.15, 0.2) is 0 Å². The number of imidazole rings is 1. The summed E-state index contributed by atoms with van der Waals surface area (Å²) in [5.74, 6) is 2.12. The number of hydrogen-bond acceptors (Lipinski definition) is 1. The Kier molecular flexibility index (Phi) is 1.80. The van der Waals surface area contributed by atoms with Crippen LogP contribution < -0.4 is 0 Å². The number of rotatable bonds is 1. The number of fused-ring (bicyclic) bond motifs is 1. The van der Waals surface area contributed by atoms with E-state index in [1.807, 2.05) is 0 Å². The van der Waals surface area contributed by atoms with Gasteiger partial charge in [-0.2, -0.15) is 0 Å². The maximum atomic E-state index is 4.85. The molecule has 1 aromatic rings. The Hall–Kier alpha value is -0.790. The second-order valence-corrected chi connectivity index (χ2v) is 5.90. The summed E-state index contributed by atoms with van der Waals surface area (Å²) in [6.45, 7) is 7.00. The van der Waals surface area contributed by atoms with Crippen LogP contribution in [0.2, 0.25) is 0 Å². The summed E-state index contributed by atoms with van der Waals surface area (Å²) >= 11 is 0. The van der Waals surface area contributed by atoms with E-state index in [1.165, 1.54) is 37.2 Å². The molecule has 2 unspecified atom stereocenters. The quantitative estimate of drug-likeness (QED) is 0.687. The van der Waals surface area contributed by atoms with Gasteiger partial charge < -0.3 is 4.57 Å². The minimum atomic E-state index is 0.424. The molecule has 2 heterocycles. The van der Waals surface area contributed by atoms with Gasteiger partial charge in [-0.15, -0.1) is 0 Å². The third kappa shape index (κ3) is 1.42. The molecule has 2 heteroatoms. The Labute approximate surface area is 91.7 Å². The van der Waals surface area contributed by atoms with Crippen molar-refractivity contribution in [2.75, 3.05) is 0 Å². The van der Waals surface area contributed by atoms with Crippen LogP contribution in [0.3, 0.4) is 0 Å². The summed E-state index contributed by atoms with van der Waals surface area (Å²) in [4.78, 5) is 4.85. The summed E-state index contributed by atoms with van der Waals surface area (Å²) in [7, 11) is 0. The lowest BCUT2D eigenvalue weighted by atomic mass is 9.95. The molecule has 82 valence electrons. The van der Waals surface area contributed by atoms with Crippen molar-refractivity contribution in [1.29, 1.82) is 0 Å². The molecule has 15 heavy (non-hydrogen) atoms. The van der Waals surface area contributed by atoms with Gasteiger partial charge in [-0.1, -0.05) is 13.8 Å². The van der Waals surface area contributed by atoms with Crippen molar-refractivity contribution >= 4 is 0 Å². The molecule has 0 saturated heterocycles. The largest absolute Gasteiger partial charge is 0.332 e. The smallest absolute Gasteiger partial charge is 0.109 e. The van der Waals surface area contributed by atoms with E-state index in [4.69, 9.17) is 4.98 Å². The lowest BCUT2D eigenvalue weighted by Gasteiger charge is -2.26. The van der Waals surface area contributed by atoms with Gasteiger partial charge in [-0.3, -0.25) is 0 Å². The van der Waals surface area contributed by atoms with Gasteiger partial charge >= 0.3 is 0 Å². The van der Waals surface area contributed by atoms with E-state index in [0.717, 1.165) is 5.92 Å². The van der Waals surface area contributed by atoms with Crippen LogP contribution >= 0.6 is 0 Å². The van der Waals surface area contributed by atoms with Gasteiger partial charge in [0.1, 0.15) is 5.82 Å². The maximum Gasteiger partial charge on any atom is 0.109 e. The van der Waals surface area contributed by atoms with Crippen LogP contribution in [0.5, 0.6) is 0 Å². The molecule has 1 aliphatic carbocycles. The lowest BCUT2D eigenvalue weighted by Crippen LogP contribution is -2.20. The third-order valence-electron chi connectivity index (χ3n) is 4.18. The zero-order chi connectivity index (χ0) is 10.6. The summed E-state index contributed by atoms with van der Waals surface area (Å²) < 4.78 is 2.42. The molecule has 2 atom stereocenters. The van der Waals surface area contributed by atoms with Crippen molar-refractivity contribution in [3.63, 3.8) is 0 Å². The predicted molar refractivity (Wildman–Crippen MR) is 61.0 cm³/mol. The molecule has 0 N–H and O–H groups in total. The topological polar surface area (TPSA) is 17.8 Å². The molecule has 3 rings (SSSR count). The van der Waals surface area contributed by atoms with Gasteiger partial charge in [0.05, 0.1) is 5.69 Å². The Bertz CT molecular complexity index is 387. The third-order valence-corrected chi connectivity index (χ3v) is 4.18. The van der Waals surface area contributed by atoms with Crippen LogP contribution in [-0.4, -0.2) is 9.55 Å². The Morgan fingerprint density at radius 1 is 1.40 bits per heavy atom. The standard InChI is InChI=1S/C13H20N2/c1-9-6-10(2)15-8-11(13(3)4-5-13)14-12(15)7-9/h8-10H,4-7H2,1-3H3. The van der Waals surface area contributed by atoms with E-state index in [2.05, 4.69) is 31.5 Å². The summed E-state index contributed by atoms with van der Waals surface area (Å²) in [5.41, 5.74) is 1.77. The first kappa shape index (κ1) is 9.44. The fourth-order valence-electron chi connectivity index (χ4n) is 2.79. The fraction of sp³-hybridized carbons (Fsp3) is 0.769. The zero-order valence-electron chi connectivity index (χ0n) is 9.95. The van der Waals surface area contributed by atoms with Gasteiger partial charge in [0, 0.05) is 24.1 Å². The minimum absolute atomic E-state index is 0.424. The summed E-state index contributed by atoms with van der Waals surface area (Å²) in [6, 6.07) is 0.646. The van der Waals surface area contributed by atoms with Crippen LogP contribution in [0.25, 0.3) is 0 Å². The highest BCUT2D eigenvalue weighted by Crippen LogP contribution is 2.47. The van der Waals surface area contributed by atoms with E-state index >= 15 is 0 Å². The molecule has 1 fully saturated rings. The van der Waals surface area contributed by atoms with Gasteiger partial charge in [0.25, 0.3) is 0 Å². The van der Waals surface area contributed by atoms with Crippen molar-refractivity contribution in [2.24, 2.45) is 5.92 Å². The lowest BCUT2D eigenvalue weighted by molar-refractivity contribution is 0.343. The minimum Gasteiger partial charge on any atom is -0.332 e.